The molecule has 10 heteroatoms. The molecule has 32 heavy (non-hydrogen) atoms. The van der Waals surface area contributed by atoms with Crippen LogP contribution in [-0.2, 0) is 16.6 Å². The second-order valence-corrected chi connectivity index (χ2v) is 12.3. The molecule has 1 aliphatic rings. The van der Waals surface area contributed by atoms with Crippen LogP contribution in [0, 0.1) is 0 Å². The number of fused-ring (bicyclic) bond motifs is 1. The van der Waals surface area contributed by atoms with Crippen LogP contribution in [0.1, 0.15) is 17.7 Å². The predicted octanol–water partition coefficient (Wildman–Crippen LogP) is 4.13. The summed E-state index contributed by atoms with van der Waals surface area (Å²) < 4.78 is 27.7. The Bertz CT molecular complexity index is 1330. The highest BCUT2D eigenvalue weighted by Crippen LogP contribution is 2.35. The number of benzene rings is 1. The van der Waals surface area contributed by atoms with Gasteiger partial charge in [0.1, 0.15) is 9.22 Å². The Balaban J connectivity index is 1.43. The van der Waals surface area contributed by atoms with Gasteiger partial charge in [0.25, 0.3) is 10.0 Å². The number of aromatic amines is 1. The van der Waals surface area contributed by atoms with E-state index in [0.29, 0.717) is 16.4 Å². The summed E-state index contributed by atoms with van der Waals surface area (Å²) in [6, 6.07) is 11.0. The van der Waals surface area contributed by atoms with Gasteiger partial charge in [0, 0.05) is 36.6 Å². The smallest absolute Gasteiger partial charge is 0.273 e. The number of anilines is 1. The fourth-order valence-electron chi connectivity index (χ4n) is 4.09. The average molecular weight is 489 g/mol. The SMILES string of the molecule is CN(c1cccc2cc(-c3ncc(CN4CCCC(O)C4)s3)[nH]c12)S(=O)(=O)c1cccs1. The molecular weight excluding hydrogens is 464 g/mol. The molecular formula is C22H24N4O3S3. The molecule has 0 radical (unpaired) electrons. The van der Waals surface area contributed by atoms with E-state index in [4.69, 9.17) is 0 Å². The van der Waals surface area contributed by atoms with Crippen LogP contribution in [0.5, 0.6) is 0 Å². The Kier molecular flexibility index (Phi) is 5.81. The topological polar surface area (TPSA) is 89.5 Å². The normalized spacial score (nSPS) is 17.8. The number of aromatic nitrogens is 2. The molecule has 0 bridgehead atoms. The summed E-state index contributed by atoms with van der Waals surface area (Å²) in [4.78, 5) is 11.4. The molecule has 0 amide bonds. The molecule has 1 aromatic carbocycles. The van der Waals surface area contributed by atoms with Gasteiger partial charge in [-0.05, 0) is 43.0 Å². The maximum Gasteiger partial charge on any atom is 0.273 e. The molecule has 4 aromatic rings. The van der Waals surface area contributed by atoms with Crippen LogP contribution in [0.2, 0.25) is 0 Å². The van der Waals surface area contributed by atoms with Gasteiger partial charge in [-0.1, -0.05) is 18.2 Å². The minimum atomic E-state index is -3.62. The first-order valence-electron chi connectivity index (χ1n) is 10.4. The molecule has 2 N–H and O–H groups in total. The summed E-state index contributed by atoms with van der Waals surface area (Å²) in [5.74, 6) is 0. The number of nitrogens with zero attached hydrogens (tertiary/aromatic N) is 3. The summed E-state index contributed by atoms with van der Waals surface area (Å²) in [6.07, 6.45) is 3.53. The molecule has 168 valence electrons. The molecule has 4 heterocycles. The van der Waals surface area contributed by atoms with Crippen LogP contribution in [0.3, 0.4) is 0 Å². The summed E-state index contributed by atoms with van der Waals surface area (Å²) in [6.45, 7) is 2.47. The van der Waals surface area contributed by atoms with Gasteiger partial charge in [0.05, 0.1) is 23.0 Å². The van der Waals surface area contributed by atoms with E-state index in [1.165, 1.54) is 15.6 Å². The lowest BCUT2D eigenvalue weighted by Crippen LogP contribution is -2.37. The van der Waals surface area contributed by atoms with Crippen molar-refractivity contribution in [1.82, 2.24) is 14.9 Å². The summed E-state index contributed by atoms with van der Waals surface area (Å²) >= 11 is 2.83. The van der Waals surface area contributed by atoms with Crippen molar-refractivity contribution < 1.29 is 13.5 Å². The lowest BCUT2D eigenvalue weighted by Gasteiger charge is -2.29. The summed E-state index contributed by atoms with van der Waals surface area (Å²) in [5.41, 5.74) is 2.23. The molecule has 1 saturated heterocycles. The van der Waals surface area contributed by atoms with E-state index in [2.05, 4.69) is 14.9 Å². The number of rotatable bonds is 6. The van der Waals surface area contributed by atoms with Crippen molar-refractivity contribution in [2.24, 2.45) is 0 Å². The van der Waals surface area contributed by atoms with Gasteiger partial charge in [-0.15, -0.1) is 22.7 Å². The Morgan fingerprint density at radius 3 is 2.97 bits per heavy atom. The van der Waals surface area contributed by atoms with Gasteiger partial charge in [-0.25, -0.2) is 13.4 Å². The number of piperidine rings is 1. The first-order chi connectivity index (χ1) is 15.4. The van der Waals surface area contributed by atoms with Crippen molar-refractivity contribution in [2.45, 2.75) is 29.7 Å². The highest BCUT2D eigenvalue weighted by Gasteiger charge is 2.25. The fourth-order valence-corrected chi connectivity index (χ4v) is 7.39. The first kappa shape index (κ1) is 21.6. The number of sulfonamides is 1. The van der Waals surface area contributed by atoms with Crippen LogP contribution < -0.4 is 4.31 Å². The number of H-pyrrole nitrogens is 1. The number of thiophene rings is 1. The van der Waals surface area contributed by atoms with Crippen molar-refractivity contribution in [1.29, 1.82) is 0 Å². The van der Waals surface area contributed by atoms with Gasteiger partial charge in [0.15, 0.2) is 0 Å². The van der Waals surface area contributed by atoms with Gasteiger partial charge in [-0.3, -0.25) is 9.21 Å². The number of hydrogen-bond donors (Lipinski definition) is 2. The van der Waals surface area contributed by atoms with E-state index in [0.717, 1.165) is 52.4 Å². The Labute approximate surface area is 195 Å². The Morgan fingerprint density at radius 2 is 2.19 bits per heavy atom. The third kappa shape index (κ3) is 4.08. The van der Waals surface area contributed by atoms with E-state index in [9.17, 15) is 13.5 Å². The average Bonchev–Trinajstić information content (AvgIpc) is 3.52. The molecule has 1 aliphatic heterocycles. The lowest BCUT2D eigenvalue weighted by atomic mass is 10.1. The molecule has 0 aliphatic carbocycles. The Morgan fingerprint density at radius 1 is 1.31 bits per heavy atom. The molecule has 1 atom stereocenters. The predicted molar refractivity (Wildman–Crippen MR) is 130 cm³/mol. The number of para-hydroxylation sites is 1. The molecule has 7 nitrogen and oxygen atoms in total. The maximum absolute atomic E-state index is 13.0. The number of β-amino-alcohol motifs (C(OH)–C–C–N with tert-alkyl or cyclic N) is 1. The maximum atomic E-state index is 13.0. The van der Waals surface area contributed by atoms with E-state index in [1.807, 2.05) is 30.5 Å². The van der Waals surface area contributed by atoms with E-state index in [1.54, 1.807) is 35.9 Å². The Hall–Kier alpha value is -2.24. The number of aliphatic hydroxyl groups excluding tert-OH is 1. The van der Waals surface area contributed by atoms with Gasteiger partial charge >= 0.3 is 0 Å². The van der Waals surface area contributed by atoms with Crippen LogP contribution >= 0.6 is 22.7 Å². The van der Waals surface area contributed by atoms with Crippen LogP contribution in [0.25, 0.3) is 21.6 Å². The zero-order valence-corrected chi connectivity index (χ0v) is 20.0. The molecule has 0 spiro atoms. The second kappa shape index (κ2) is 8.60. The number of thiazole rings is 1. The van der Waals surface area contributed by atoms with E-state index < -0.39 is 10.0 Å². The number of nitrogens with one attached hydrogen (secondary N) is 1. The summed E-state index contributed by atoms with van der Waals surface area (Å²) in [7, 11) is -2.04. The van der Waals surface area contributed by atoms with Gasteiger partial charge in [-0.2, -0.15) is 0 Å². The number of likely N-dealkylation sites (tertiary alicyclic amines) is 1. The third-order valence-corrected chi connectivity index (χ3v) is 9.89. The van der Waals surface area contributed by atoms with Crippen LogP contribution in [0.4, 0.5) is 5.69 Å². The van der Waals surface area contributed by atoms with Crippen molar-refractivity contribution in [2.75, 3.05) is 24.4 Å². The zero-order chi connectivity index (χ0) is 22.3. The minimum absolute atomic E-state index is 0.245. The highest BCUT2D eigenvalue weighted by atomic mass is 32.2. The second-order valence-electron chi connectivity index (χ2n) is 7.99. The van der Waals surface area contributed by atoms with E-state index in [-0.39, 0.29) is 6.10 Å². The number of hydrogen-bond acceptors (Lipinski definition) is 7. The summed E-state index contributed by atoms with van der Waals surface area (Å²) in [5, 5.41) is 13.5. The molecule has 3 aromatic heterocycles. The van der Waals surface area contributed by atoms with Crippen molar-refractivity contribution >= 4 is 49.3 Å². The molecule has 5 rings (SSSR count). The van der Waals surface area contributed by atoms with Crippen molar-refractivity contribution in [3.63, 3.8) is 0 Å². The lowest BCUT2D eigenvalue weighted by molar-refractivity contribution is 0.0673. The van der Waals surface area contributed by atoms with Crippen molar-refractivity contribution in [3.8, 4) is 10.7 Å². The fraction of sp³-hybridized carbons (Fsp3) is 0.318. The quantitative estimate of drug-likeness (QED) is 0.426. The van der Waals surface area contributed by atoms with Crippen molar-refractivity contribution in [3.05, 3.63) is 52.9 Å². The number of aliphatic hydroxyl groups is 1. The third-order valence-electron chi connectivity index (χ3n) is 5.73. The first-order valence-corrected chi connectivity index (χ1v) is 13.5. The van der Waals surface area contributed by atoms with Gasteiger partial charge in [0.2, 0.25) is 0 Å². The van der Waals surface area contributed by atoms with Crippen LogP contribution in [0.15, 0.2) is 52.2 Å². The minimum Gasteiger partial charge on any atom is -0.392 e. The molecule has 1 fully saturated rings. The van der Waals surface area contributed by atoms with Gasteiger partial charge < -0.3 is 10.1 Å². The van der Waals surface area contributed by atoms with Crippen LogP contribution in [-0.4, -0.2) is 54.6 Å². The molecule has 1 unspecified atom stereocenters. The largest absolute Gasteiger partial charge is 0.392 e. The highest BCUT2D eigenvalue weighted by molar-refractivity contribution is 7.94. The standard InChI is InChI=1S/C22H24N4O3S3/c1-25(32(28,29)20-8-4-10-30-20)19-7-2-5-15-11-18(24-21(15)19)22-23-12-17(31-22)14-26-9-3-6-16(27)13-26/h2,4-5,7-8,10-12,16,24,27H,3,6,9,13-14H2,1H3. The monoisotopic (exact) mass is 488 g/mol. The zero-order valence-electron chi connectivity index (χ0n) is 17.6. The van der Waals surface area contributed by atoms with E-state index >= 15 is 0 Å². The molecule has 0 saturated carbocycles.